The molecule has 1 aromatic carbocycles. The van der Waals surface area contributed by atoms with Gasteiger partial charge in [-0.3, -0.25) is 9.59 Å². The Bertz CT molecular complexity index is 413. The molecule has 4 nitrogen and oxygen atoms in total. The molecule has 0 saturated carbocycles. The molecule has 16 heavy (non-hydrogen) atoms. The zero-order chi connectivity index (χ0) is 12.1. The molecule has 1 aromatic rings. The zero-order valence-electron chi connectivity index (χ0n) is 9.66. The normalized spacial score (nSPS) is 9.69. The summed E-state index contributed by atoms with van der Waals surface area (Å²) in [6, 6.07) is 5.34. The topological polar surface area (TPSA) is 55.4 Å². The van der Waals surface area contributed by atoms with E-state index in [1.807, 2.05) is 13.0 Å². The summed E-state index contributed by atoms with van der Waals surface area (Å²) in [6.45, 7) is 3.26. The maximum absolute atomic E-state index is 11.4. The highest BCUT2D eigenvalue weighted by atomic mass is 16.5. The molecule has 1 amide bonds. The number of Topliss-reactive ketones (excluding diaryl/α,β-unsaturated/α-hetero) is 1. The Morgan fingerprint density at radius 1 is 1.38 bits per heavy atom. The Kier molecular flexibility index (Phi) is 4.05. The molecule has 86 valence electrons. The van der Waals surface area contributed by atoms with Gasteiger partial charge in [0, 0.05) is 5.69 Å². The van der Waals surface area contributed by atoms with Gasteiger partial charge in [0.25, 0.3) is 0 Å². The van der Waals surface area contributed by atoms with E-state index in [1.165, 1.54) is 6.92 Å². The molecule has 0 radical (unpaired) electrons. The molecular weight excluding hydrogens is 206 g/mol. The lowest BCUT2D eigenvalue weighted by atomic mass is 10.2. The summed E-state index contributed by atoms with van der Waals surface area (Å²) >= 11 is 0. The number of hydrogen-bond acceptors (Lipinski definition) is 3. The molecule has 0 spiro atoms. The van der Waals surface area contributed by atoms with Crippen LogP contribution in [0, 0.1) is 6.92 Å². The highest BCUT2D eigenvalue weighted by Gasteiger charge is 2.07. The third-order valence-corrected chi connectivity index (χ3v) is 2.12. The fourth-order valence-corrected chi connectivity index (χ4v) is 1.32. The van der Waals surface area contributed by atoms with E-state index < -0.39 is 0 Å². The van der Waals surface area contributed by atoms with E-state index in [0.29, 0.717) is 5.69 Å². The molecule has 0 saturated heterocycles. The van der Waals surface area contributed by atoms with Gasteiger partial charge in [-0.1, -0.05) is 0 Å². The average molecular weight is 221 g/mol. The maximum atomic E-state index is 11.4. The first-order valence-corrected chi connectivity index (χ1v) is 4.97. The summed E-state index contributed by atoms with van der Waals surface area (Å²) in [7, 11) is 1.59. The molecule has 0 aromatic heterocycles. The Hall–Kier alpha value is -1.84. The third kappa shape index (κ3) is 3.38. The van der Waals surface area contributed by atoms with Crippen LogP contribution in [0.25, 0.3) is 0 Å². The van der Waals surface area contributed by atoms with Gasteiger partial charge in [-0.05, 0) is 37.6 Å². The molecule has 0 bridgehead atoms. The van der Waals surface area contributed by atoms with Gasteiger partial charge >= 0.3 is 0 Å². The van der Waals surface area contributed by atoms with E-state index >= 15 is 0 Å². The first-order chi connectivity index (χ1) is 7.52. The van der Waals surface area contributed by atoms with E-state index in [0.717, 1.165) is 11.3 Å². The first-order valence-electron chi connectivity index (χ1n) is 4.97. The molecule has 0 aliphatic heterocycles. The van der Waals surface area contributed by atoms with Crippen LogP contribution in [0.15, 0.2) is 18.2 Å². The van der Waals surface area contributed by atoms with Gasteiger partial charge in [-0.2, -0.15) is 0 Å². The minimum atomic E-state index is -0.291. The second-order valence-electron chi connectivity index (χ2n) is 3.61. The van der Waals surface area contributed by atoms with Crippen LogP contribution in [-0.2, 0) is 9.59 Å². The van der Waals surface area contributed by atoms with Crippen LogP contribution in [0.5, 0.6) is 5.75 Å². The largest absolute Gasteiger partial charge is 0.497 e. The van der Waals surface area contributed by atoms with Crippen LogP contribution in [0.2, 0.25) is 0 Å². The minimum absolute atomic E-state index is 0.0918. The predicted molar refractivity (Wildman–Crippen MR) is 61.7 cm³/mol. The lowest BCUT2D eigenvalue weighted by Gasteiger charge is -2.09. The second-order valence-corrected chi connectivity index (χ2v) is 3.61. The highest BCUT2D eigenvalue weighted by Crippen LogP contribution is 2.20. The Morgan fingerprint density at radius 3 is 2.56 bits per heavy atom. The van der Waals surface area contributed by atoms with Gasteiger partial charge in [0.2, 0.25) is 5.91 Å². The van der Waals surface area contributed by atoms with Crippen LogP contribution in [-0.4, -0.2) is 18.8 Å². The van der Waals surface area contributed by atoms with Crippen LogP contribution < -0.4 is 10.1 Å². The number of ketones is 1. The van der Waals surface area contributed by atoms with Crippen molar-refractivity contribution in [2.75, 3.05) is 12.4 Å². The van der Waals surface area contributed by atoms with Gasteiger partial charge in [0.15, 0.2) is 0 Å². The monoisotopic (exact) mass is 221 g/mol. The fourth-order valence-electron chi connectivity index (χ4n) is 1.32. The number of amides is 1. The van der Waals surface area contributed by atoms with Crippen molar-refractivity contribution >= 4 is 17.4 Å². The number of hydrogen-bond donors (Lipinski definition) is 1. The third-order valence-electron chi connectivity index (χ3n) is 2.12. The highest BCUT2D eigenvalue weighted by molar-refractivity contribution is 6.03. The van der Waals surface area contributed by atoms with Crippen molar-refractivity contribution in [1.29, 1.82) is 0 Å². The Morgan fingerprint density at radius 2 is 2.06 bits per heavy atom. The summed E-state index contributed by atoms with van der Waals surface area (Å²) < 4.78 is 5.05. The number of carbonyl (C=O) groups is 2. The minimum Gasteiger partial charge on any atom is -0.497 e. The van der Waals surface area contributed by atoms with Crippen molar-refractivity contribution in [3.63, 3.8) is 0 Å². The standard InChI is InChI=1S/C12H15NO3/c1-8-6-10(16-3)4-5-11(8)13-12(15)7-9(2)14/h4-6H,7H2,1-3H3,(H,13,15). The van der Waals surface area contributed by atoms with Crippen LogP contribution in [0.4, 0.5) is 5.69 Å². The Balaban J connectivity index is 2.74. The van der Waals surface area contributed by atoms with E-state index in [1.54, 1.807) is 19.2 Å². The van der Waals surface area contributed by atoms with Crippen molar-refractivity contribution in [1.82, 2.24) is 0 Å². The quantitative estimate of drug-likeness (QED) is 0.790. The summed E-state index contributed by atoms with van der Waals surface area (Å²) in [6.07, 6.45) is -0.0918. The van der Waals surface area contributed by atoms with Crippen molar-refractivity contribution in [2.24, 2.45) is 0 Å². The van der Waals surface area contributed by atoms with Gasteiger partial charge in [0.05, 0.1) is 13.5 Å². The van der Waals surface area contributed by atoms with Gasteiger partial charge in [-0.15, -0.1) is 0 Å². The molecule has 1 N–H and O–H groups in total. The molecule has 0 atom stereocenters. The lowest BCUT2D eigenvalue weighted by Crippen LogP contribution is -2.15. The Labute approximate surface area is 94.6 Å². The van der Waals surface area contributed by atoms with Gasteiger partial charge < -0.3 is 10.1 Å². The summed E-state index contributed by atoms with van der Waals surface area (Å²) in [5, 5.41) is 2.68. The van der Waals surface area contributed by atoms with E-state index in [4.69, 9.17) is 4.74 Å². The number of aryl methyl sites for hydroxylation is 1. The van der Waals surface area contributed by atoms with Gasteiger partial charge in [0.1, 0.15) is 11.5 Å². The van der Waals surface area contributed by atoms with Crippen LogP contribution >= 0.6 is 0 Å². The molecule has 0 aliphatic carbocycles. The predicted octanol–water partition coefficient (Wildman–Crippen LogP) is 1.92. The fraction of sp³-hybridized carbons (Fsp3) is 0.333. The molecule has 0 heterocycles. The number of rotatable bonds is 4. The lowest BCUT2D eigenvalue weighted by molar-refractivity contribution is -0.124. The molecule has 0 aliphatic rings. The van der Waals surface area contributed by atoms with Crippen molar-refractivity contribution in [2.45, 2.75) is 20.3 Å². The van der Waals surface area contributed by atoms with E-state index in [-0.39, 0.29) is 18.1 Å². The van der Waals surface area contributed by atoms with Crippen LogP contribution in [0.3, 0.4) is 0 Å². The molecule has 4 heteroatoms. The van der Waals surface area contributed by atoms with Crippen LogP contribution in [0.1, 0.15) is 18.9 Å². The van der Waals surface area contributed by atoms with Crippen molar-refractivity contribution in [3.05, 3.63) is 23.8 Å². The van der Waals surface area contributed by atoms with Crippen molar-refractivity contribution < 1.29 is 14.3 Å². The number of benzene rings is 1. The number of methoxy groups -OCH3 is 1. The van der Waals surface area contributed by atoms with E-state index in [2.05, 4.69) is 5.32 Å². The first kappa shape index (κ1) is 12.2. The molecular formula is C12H15NO3. The smallest absolute Gasteiger partial charge is 0.231 e. The number of anilines is 1. The summed E-state index contributed by atoms with van der Waals surface area (Å²) in [5.74, 6) is 0.298. The van der Waals surface area contributed by atoms with E-state index in [9.17, 15) is 9.59 Å². The maximum Gasteiger partial charge on any atom is 0.231 e. The second kappa shape index (κ2) is 5.30. The summed E-state index contributed by atoms with van der Waals surface area (Å²) in [5.41, 5.74) is 1.60. The summed E-state index contributed by atoms with van der Waals surface area (Å²) in [4.78, 5) is 22.1. The van der Waals surface area contributed by atoms with Gasteiger partial charge in [-0.25, -0.2) is 0 Å². The molecule has 1 rings (SSSR count). The number of nitrogens with one attached hydrogen (secondary N) is 1. The molecule has 0 unspecified atom stereocenters. The average Bonchev–Trinajstić information content (AvgIpc) is 2.19. The number of carbonyl (C=O) groups excluding carboxylic acids is 2. The number of ether oxygens (including phenoxy) is 1. The van der Waals surface area contributed by atoms with Crippen molar-refractivity contribution in [3.8, 4) is 5.75 Å². The zero-order valence-corrected chi connectivity index (χ0v) is 9.66. The molecule has 0 fully saturated rings. The SMILES string of the molecule is COc1ccc(NC(=O)CC(C)=O)c(C)c1.